The lowest BCUT2D eigenvalue weighted by Crippen LogP contribution is -2.44. The van der Waals surface area contributed by atoms with E-state index in [0.29, 0.717) is 37.3 Å². The molecule has 2 heterocycles. The normalized spacial score (nSPS) is 18.0. The zero-order chi connectivity index (χ0) is 22.6. The van der Waals surface area contributed by atoms with Crippen LogP contribution in [0, 0.1) is 0 Å². The predicted octanol–water partition coefficient (Wildman–Crippen LogP) is 3.21. The van der Waals surface area contributed by atoms with Gasteiger partial charge in [-0.3, -0.25) is 14.5 Å². The van der Waals surface area contributed by atoms with E-state index >= 15 is 0 Å². The molecule has 2 aromatic rings. The molecule has 1 spiro atoms. The number of urea groups is 1. The molecule has 0 bridgehead atoms. The number of nitrogens with zero attached hydrogens (tertiary/aromatic N) is 2. The molecule has 2 N–H and O–H groups in total. The van der Waals surface area contributed by atoms with Crippen molar-refractivity contribution in [3.8, 4) is 5.88 Å². The molecule has 1 saturated heterocycles. The molecule has 1 aromatic heterocycles. The van der Waals surface area contributed by atoms with Crippen molar-refractivity contribution in [2.45, 2.75) is 50.7 Å². The lowest BCUT2D eigenvalue weighted by Gasteiger charge is -2.20. The largest absolute Gasteiger partial charge is 0.470 e. The van der Waals surface area contributed by atoms with Gasteiger partial charge in [0.05, 0.1) is 5.56 Å². The van der Waals surface area contributed by atoms with E-state index in [9.17, 15) is 14.4 Å². The Balaban J connectivity index is 1.22. The molecule has 1 aliphatic carbocycles. The first-order valence-electron chi connectivity index (χ1n) is 11.1. The molecule has 2 aliphatic rings. The fraction of sp³-hybridized carbons (Fsp3) is 0.417. The summed E-state index contributed by atoms with van der Waals surface area (Å²) in [7, 11) is 0. The Hall–Kier alpha value is -3.42. The molecule has 1 atom stereocenters. The van der Waals surface area contributed by atoms with Gasteiger partial charge in [0.1, 0.15) is 11.6 Å². The Morgan fingerprint density at radius 1 is 1.19 bits per heavy atom. The number of imide groups is 1. The summed E-state index contributed by atoms with van der Waals surface area (Å²) in [6.45, 7) is 2.58. The van der Waals surface area contributed by atoms with Crippen LogP contribution in [0.3, 0.4) is 0 Å². The van der Waals surface area contributed by atoms with E-state index in [1.54, 1.807) is 12.1 Å². The second-order valence-corrected chi connectivity index (χ2v) is 8.34. The zero-order valence-electron chi connectivity index (χ0n) is 18.2. The molecule has 4 amide bonds. The van der Waals surface area contributed by atoms with Crippen molar-refractivity contribution < 1.29 is 19.1 Å². The smallest absolute Gasteiger partial charge is 0.325 e. The molecule has 4 rings (SSSR count). The van der Waals surface area contributed by atoms with Crippen molar-refractivity contribution in [3.05, 3.63) is 59.8 Å². The second-order valence-electron chi connectivity index (χ2n) is 8.34. The van der Waals surface area contributed by atoms with Crippen molar-refractivity contribution in [2.75, 3.05) is 13.1 Å². The van der Waals surface area contributed by atoms with E-state index < -0.39 is 5.54 Å². The molecule has 2 fully saturated rings. The van der Waals surface area contributed by atoms with Gasteiger partial charge in [-0.05, 0) is 37.8 Å². The summed E-state index contributed by atoms with van der Waals surface area (Å²) in [4.78, 5) is 42.7. The van der Waals surface area contributed by atoms with Crippen LogP contribution in [0.5, 0.6) is 5.88 Å². The van der Waals surface area contributed by atoms with Gasteiger partial charge in [0.25, 0.3) is 11.8 Å². The highest BCUT2D eigenvalue weighted by Gasteiger charge is 2.51. The number of carbonyl (C=O) groups excluding carboxylic acids is 3. The third-order valence-electron chi connectivity index (χ3n) is 6.11. The molecule has 0 unspecified atom stereocenters. The monoisotopic (exact) mass is 436 g/mol. The number of benzene rings is 1. The van der Waals surface area contributed by atoms with E-state index in [1.807, 2.05) is 37.3 Å². The van der Waals surface area contributed by atoms with Gasteiger partial charge in [0, 0.05) is 25.4 Å². The Labute approximate surface area is 187 Å². The van der Waals surface area contributed by atoms with Crippen molar-refractivity contribution in [3.63, 3.8) is 0 Å². The number of hydrogen-bond acceptors (Lipinski definition) is 5. The number of rotatable bonds is 8. The topological polar surface area (TPSA) is 101 Å². The van der Waals surface area contributed by atoms with Crippen molar-refractivity contribution in [2.24, 2.45) is 0 Å². The molecule has 32 heavy (non-hydrogen) atoms. The molecule has 1 aromatic carbocycles. The standard InChI is InChI=1S/C24H28N4O4/c1-17(18-8-3-2-4-9-18)32-20-11-10-19(16-26-20)21(29)25-14-7-15-28-22(30)24(27-23(28)31)12-5-6-13-24/h2-4,8-11,16-17H,5-7,12-15H2,1H3,(H,25,29)(H,27,31)/t17-/m0/s1. The van der Waals surface area contributed by atoms with E-state index in [-0.39, 0.29) is 30.5 Å². The van der Waals surface area contributed by atoms with Crippen LogP contribution >= 0.6 is 0 Å². The van der Waals surface area contributed by atoms with Crippen LogP contribution < -0.4 is 15.4 Å². The molecule has 1 aliphatic heterocycles. The van der Waals surface area contributed by atoms with Gasteiger partial charge in [-0.2, -0.15) is 0 Å². The number of nitrogens with one attached hydrogen (secondary N) is 2. The SMILES string of the molecule is C[C@H](Oc1ccc(C(=O)NCCCN2C(=O)NC3(CCCC3)C2=O)cn1)c1ccccc1. The van der Waals surface area contributed by atoms with Gasteiger partial charge in [-0.25, -0.2) is 9.78 Å². The Morgan fingerprint density at radius 3 is 2.62 bits per heavy atom. The molecule has 0 radical (unpaired) electrons. The van der Waals surface area contributed by atoms with Gasteiger partial charge in [0.2, 0.25) is 5.88 Å². The lowest BCUT2D eigenvalue weighted by atomic mass is 9.98. The maximum Gasteiger partial charge on any atom is 0.325 e. The second kappa shape index (κ2) is 9.38. The summed E-state index contributed by atoms with van der Waals surface area (Å²) in [5.74, 6) is 0.0535. The molecular formula is C24H28N4O4. The highest BCUT2D eigenvalue weighted by Crippen LogP contribution is 2.35. The van der Waals surface area contributed by atoms with Gasteiger partial charge < -0.3 is 15.4 Å². The molecule has 1 saturated carbocycles. The van der Waals surface area contributed by atoms with E-state index in [2.05, 4.69) is 15.6 Å². The van der Waals surface area contributed by atoms with Crippen LogP contribution in [0.4, 0.5) is 4.79 Å². The average molecular weight is 437 g/mol. The summed E-state index contributed by atoms with van der Waals surface area (Å²) in [6, 6.07) is 12.8. The van der Waals surface area contributed by atoms with Crippen LogP contribution in [-0.4, -0.2) is 46.4 Å². The first kappa shape index (κ1) is 21.8. The van der Waals surface area contributed by atoms with Crippen LogP contribution in [0.2, 0.25) is 0 Å². The predicted molar refractivity (Wildman–Crippen MR) is 118 cm³/mol. The Kier molecular flexibility index (Phi) is 6.39. The zero-order valence-corrected chi connectivity index (χ0v) is 18.2. The first-order valence-corrected chi connectivity index (χ1v) is 11.1. The number of ether oxygens (including phenoxy) is 1. The molecule has 168 valence electrons. The minimum Gasteiger partial charge on any atom is -0.470 e. The van der Waals surface area contributed by atoms with E-state index in [1.165, 1.54) is 11.1 Å². The summed E-state index contributed by atoms with van der Waals surface area (Å²) in [5, 5.41) is 5.67. The maximum absolute atomic E-state index is 12.6. The molecule has 8 nitrogen and oxygen atoms in total. The van der Waals surface area contributed by atoms with Gasteiger partial charge in [0.15, 0.2) is 0 Å². The van der Waals surface area contributed by atoms with Gasteiger partial charge >= 0.3 is 6.03 Å². The van der Waals surface area contributed by atoms with Crippen molar-refractivity contribution >= 4 is 17.8 Å². The fourth-order valence-electron chi connectivity index (χ4n) is 4.30. The number of carbonyl (C=O) groups is 3. The minimum absolute atomic E-state index is 0.129. The lowest BCUT2D eigenvalue weighted by molar-refractivity contribution is -0.131. The quantitative estimate of drug-likeness (QED) is 0.489. The van der Waals surface area contributed by atoms with Crippen molar-refractivity contribution in [1.29, 1.82) is 0 Å². The number of pyridine rings is 1. The van der Waals surface area contributed by atoms with Crippen LogP contribution in [0.15, 0.2) is 48.7 Å². The van der Waals surface area contributed by atoms with Gasteiger partial charge in [-0.15, -0.1) is 0 Å². The molecule has 8 heteroatoms. The average Bonchev–Trinajstić information content (AvgIpc) is 3.37. The maximum atomic E-state index is 12.6. The Morgan fingerprint density at radius 2 is 1.94 bits per heavy atom. The van der Waals surface area contributed by atoms with E-state index in [0.717, 1.165) is 18.4 Å². The van der Waals surface area contributed by atoms with Gasteiger partial charge in [-0.1, -0.05) is 43.2 Å². The Bertz CT molecular complexity index is 971. The van der Waals surface area contributed by atoms with Crippen LogP contribution in [-0.2, 0) is 4.79 Å². The highest BCUT2D eigenvalue weighted by molar-refractivity contribution is 6.07. The van der Waals surface area contributed by atoms with Crippen LogP contribution in [0.25, 0.3) is 0 Å². The fourth-order valence-corrected chi connectivity index (χ4v) is 4.30. The first-order chi connectivity index (χ1) is 15.5. The van der Waals surface area contributed by atoms with E-state index in [4.69, 9.17) is 4.74 Å². The summed E-state index contributed by atoms with van der Waals surface area (Å²) in [6.07, 6.45) is 5.15. The number of aromatic nitrogens is 1. The number of amides is 4. The third kappa shape index (κ3) is 4.59. The summed E-state index contributed by atoms with van der Waals surface area (Å²) < 4.78 is 5.83. The summed E-state index contributed by atoms with van der Waals surface area (Å²) >= 11 is 0. The molecular weight excluding hydrogens is 408 g/mol. The number of hydrogen-bond donors (Lipinski definition) is 2. The third-order valence-corrected chi connectivity index (χ3v) is 6.11. The highest BCUT2D eigenvalue weighted by atomic mass is 16.5. The minimum atomic E-state index is -0.687. The summed E-state index contributed by atoms with van der Waals surface area (Å²) in [5.41, 5.74) is 0.776. The van der Waals surface area contributed by atoms with Crippen molar-refractivity contribution in [1.82, 2.24) is 20.5 Å². The van der Waals surface area contributed by atoms with Crippen LogP contribution in [0.1, 0.15) is 61.1 Å².